The topological polar surface area (TPSA) is 544 Å². The van der Waals surface area contributed by atoms with Crippen molar-refractivity contribution in [3.8, 4) is 0 Å². The number of likely N-dealkylation sites (N-methyl/N-ethyl adjacent to an activating group) is 1. The lowest BCUT2D eigenvalue weighted by molar-refractivity contribution is -0.370. The number of nitrogens with zero attached hydrogens (tertiary/aromatic N) is 1. The number of carbonyl (C=O) groups is 4. The number of allylic oxidation sites excluding steroid dienone is 2. The number of nitrogens with one attached hydrogen (secondary N) is 3. The zero-order chi connectivity index (χ0) is 70.7. The Morgan fingerprint density at radius 1 is 0.406 bits per heavy atom. The molecule has 96 heavy (non-hydrogen) atoms. The number of carbonyl (C=O) groups excluding carboxylic acids is 4. The summed E-state index contributed by atoms with van der Waals surface area (Å²) in [4.78, 5) is 52.5. The Balaban J connectivity index is 1.10. The number of rotatable bonds is 35. The lowest BCUT2D eigenvalue weighted by atomic mass is 9.93. The molecule has 0 aromatic rings. The van der Waals surface area contributed by atoms with Crippen LogP contribution in [0.4, 0.5) is 0 Å². The molecule has 0 spiro atoms. The van der Waals surface area contributed by atoms with Crippen LogP contribution in [0.1, 0.15) is 118 Å². The molecule has 6 aliphatic heterocycles. The standard InChI is InChI=1S/C61H108N6O29/c1-6-7-8-9-10-11-12-13-14-15-16-17-18-19-20-21-37(77)67(5)43-50(84)44(78)31(22-68)87-61(43)96-55-36(27-73)91-60(42(49(55)83)66-30(4)76)95-54-35(26-72)90-59(41(48(54)82)65-29(3)75)94-52-34(25-71)89-57(39(63)46(52)80)92-51-33(24-70)88-58(38(62)45(51)79)93-53-32(23-69)86-56(85)40(47(53)81)64-28(2)74/h11-12,31-36,38-61,68-73,78-85H,6-10,13-27,62-63H2,1-5H3,(H,64,74)(H,65,75)(H,66,76)/b12-11+/t31-,32-,33-,34-,35-,36-,38-,39-,40-,41-,42-,43-,44-,45-,46-,47-,48-,49-,50-,51-,52-,53-,54-,55-,56-,57+,58+,59+,60+,61+/m1/s1. The fraction of sp³-hybridized carbons (Fsp3) is 0.902. The van der Waals surface area contributed by atoms with E-state index >= 15 is 0 Å². The number of aliphatic hydroxyl groups is 14. The molecule has 4 amide bonds. The highest BCUT2D eigenvalue weighted by molar-refractivity contribution is 5.76. The lowest BCUT2D eigenvalue weighted by Crippen LogP contribution is -2.72. The molecular formula is C61H108N6O29. The molecule has 0 bridgehead atoms. The van der Waals surface area contributed by atoms with E-state index in [4.69, 9.17) is 63.6 Å². The van der Waals surface area contributed by atoms with Gasteiger partial charge in [-0.2, -0.15) is 0 Å². The zero-order valence-corrected chi connectivity index (χ0v) is 55.1. The molecule has 6 fully saturated rings. The average Bonchev–Trinajstić information content (AvgIpc) is 0.776. The van der Waals surface area contributed by atoms with Gasteiger partial charge in [0.2, 0.25) is 23.6 Å². The highest BCUT2D eigenvalue weighted by Crippen LogP contribution is 2.37. The molecule has 0 aromatic heterocycles. The van der Waals surface area contributed by atoms with E-state index in [2.05, 4.69) is 35.0 Å². The molecule has 6 rings (SSSR count). The highest BCUT2D eigenvalue weighted by Gasteiger charge is 2.58. The van der Waals surface area contributed by atoms with Crippen molar-refractivity contribution in [2.75, 3.05) is 46.7 Å². The summed E-state index contributed by atoms with van der Waals surface area (Å²) >= 11 is 0. The Morgan fingerprint density at radius 3 is 1.14 bits per heavy atom. The van der Waals surface area contributed by atoms with E-state index in [0.717, 1.165) is 77.0 Å². The largest absolute Gasteiger partial charge is 0.394 e. The minimum Gasteiger partial charge on any atom is -0.394 e. The summed E-state index contributed by atoms with van der Waals surface area (Å²) in [6, 6.07) is -9.59. The quantitative estimate of drug-likeness (QED) is 0.0207. The lowest BCUT2D eigenvalue weighted by Gasteiger charge is -2.51. The Bertz CT molecular complexity index is 2360. The highest BCUT2D eigenvalue weighted by atomic mass is 16.8. The van der Waals surface area contributed by atoms with Crippen molar-refractivity contribution in [3.05, 3.63) is 12.2 Å². The molecule has 6 aliphatic rings. The van der Waals surface area contributed by atoms with Crippen molar-refractivity contribution in [2.24, 2.45) is 11.5 Å². The Hall–Kier alpha value is -3.46. The predicted molar refractivity (Wildman–Crippen MR) is 328 cm³/mol. The van der Waals surface area contributed by atoms with E-state index in [1.807, 2.05) is 0 Å². The molecule has 0 radical (unpaired) electrons. The first kappa shape index (κ1) is 81.5. The second-order valence-electron chi connectivity index (χ2n) is 25.5. The normalized spacial score (nSPS) is 40.6. The maximum Gasteiger partial charge on any atom is 0.222 e. The molecular weight excluding hydrogens is 1280 g/mol. The number of ether oxygens (including phenoxy) is 11. The molecule has 0 aromatic carbocycles. The monoisotopic (exact) mass is 1390 g/mol. The van der Waals surface area contributed by atoms with Crippen LogP contribution in [0.3, 0.4) is 0 Å². The maximum atomic E-state index is 13.8. The van der Waals surface area contributed by atoms with Gasteiger partial charge in [-0.25, -0.2) is 0 Å². The van der Waals surface area contributed by atoms with Gasteiger partial charge < -0.3 is 156 Å². The van der Waals surface area contributed by atoms with Crippen molar-refractivity contribution in [1.29, 1.82) is 0 Å². The summed E-state index contributed by atoms with van der Waals surface area (Å²) in [5.74, 6) is -2.70. The van der Waals surface area contributed by atoms with Crippen LogP contribution in [0.15, 0.2) is 12.2 Å². The summed E-state index contributed by atoms with van der Waals surface area (Å²) < 4.78 is 65.8. The van der Waals surface area contributed by atoms with Gasteiger partial charge in [-0.3, -0.25) is 19.2 Å². The minimum atomic E-state index is -2.00. The van der Waals surface area contributed by atoms with E-state index in [1.165, 1.54) is 32.7 Å². The zero-order valence-electron chi connectivity index (χ0n) is 55.1. The van der Waals surface area contributed by atoms with E-state index in [0.29, 0.717) is 6.42 Å². The van der Waals surface area contributed by atoms with Crippen LogP contribution >= 0.6 is 0 Å². The fourth-order valence-electron chi connectivity index (χ4n) is 12.9. The summed E-state index contributed by atoms with van der Waals surface area (Å²) in [5, 5.41) is 162. The van der Waals surface area contributed by atoms with Crippen LogP contribution in [0.2, 0.25) is 0 Å². The fourth-order valence-corrected chi connectivity index (χ4v) is 12.9. The number of unbranched alkanes of at least 4 members (excludes halogenated alkanes) is 11. The van der Waals surface area contributed by atoms with Crippen LogP contribution in [-0.2, 0) is 71.3 Å². The van der Waals surface area contributed by atoms with Crippen molar-refractivity contribution in [3.63, 3.8) is 0 Å². The van der Waals surface area contributed by atoms with Gasteiger partial charge in [0.25, 0.3) is 0 Å². The summed E-state index contributed by atoms with van der Waals surface area (Å²) in [6.45, 7) is -0.0409. The molecule has 0 saturated carbocycles. The van der Waals surface area contributed by atoms with Crippen LogP contribution in [0.25, 0.3) is 0 Å². The third-order valence-electron chi connectivity index (χ3n) is 18.3. The molecule has 0 aliphatic carbocycles. The first-order valence-electron chi connectivity index (χ1n) is 33.3. The molecule has 6 heterocycles. The van der Waals surface area contributed by atoms with Gasteiger partial charge in [0.15, 0.2) is 37.7 Å². The van der Waals surface area contributed by atoms with Gasteiger partial charge in [0.1, 0.15) is 134 Å². The van der Waals surface area contributed by atoms with Crippen LogP contribution in [-0.4, -0.2) is 331 Å². The van der Waals surface area contributed by atoms with Gasteiger partial charge in [-0.1, -0.05) is 70.4 Å². The van der Waals surface area contributed by atoms with E-state index < -0.39 is 247 Å². The Morgan fingerprint density at radius 2 is 0.729 bits per heavy atom. The molecule has 556 valence electrons. The average molecular weight is 1390 g/mol. The number of hydrogen-bond donors (Lipinski definition) is 19. The van der Waals surface area contributed by atoms with Crippen LogP contribution < -0.4 is 27.4 Å². The molecule has 6 saturated heterocycles. The van der Waals surface area contributed by atoms with Gasteiger partial charge in [0, 0.05) is 34.2 Å². The predicted octanol–water partition coefficient (Wildman–Crippen LogP) is -7.23. The van der Waals surface area contributed by atoms with Gasteiger partial charge in [-0.15, -0.1) is 0 Å². The first-order valence-corrected chi connectivity index (χ1v) is 33.3. The summed E-state index contributed by atoms with van der Waals surface area (Å²) in [6.07, 6.45) is -23.4. The van der Waals surface area contributed by atoms with E-state index in [9.17, 15) is 90.7 Å². The second-order valence-corrected chi connectivity index (χ2v) is 25.5. The number of hydrogen-bond acceptors (Lipinski definition) is 31. The maximum absolute atomic E-state index is 13.8. The van der Waals surface area contributed by atoms with Gasteiger partial charge in [0.05, 0.1) is 51.7 Å². The summed E-state index contributed by atoms with van der Waals surface area (Å²) in [7, 11) is 1.36. The Kier molecular flexibility index (Phi) is 33.7. The third-order valence-corrected chi connectivity index (χ3v) is 18.3. The number of aliphatic hydroxyl groups excluding tert-OH is 14. The molecule has 35 heteroatoms. The van der Waals surface area contributed by atoms with E-state index in [-0.39, 0.29) is 6.42 Å². The van der Waals surface area contributed by atoms with Gasteiger partial charge >= 0.3 is 0 Å². The smallest absolute Gasteiger partial charge is 0.222 e. The Labute approximate surface area is 557 Å². The van der Waals surface area contributed by atoms with Crippen molar-refractivity contribution in [2.45, 2.75) is 301 Å². The molecule has 35 nitrogen and oxygen atoms in total. The SMILES string of the molecule is CCCCCC/C=C/CCCCCCCCCC(=O)N(C)[C@H]1[C@H](O[C@H]2[C@H](O)[C@@H](NC(C)=O)[C@H](O[C@H]3[C@H](O)[C@@H](NC(C)=O)[C@H](O[C@H]4[C@H](O)[C@@H](N)[C@H](O[C@H]5[C@H](O)[C@@H](N)[C@H](O[C@H]6[C@H](O)[C@@H](NC(C)=O)[C@H](O)O[C@@H]6CO)O[C@@H]5CO)O[C@@H]4CO)O[C@@H]3CO)O[C@@H]2CO)O[C@H](CO)[C@@H](O)[C@@H]1O. The number of nitrogens with two attached hydrogens (primary N) is 2. The summed E-state index contributed by atoms with van der Waals surface area (Å²) in [5.41, 5.74) is 12.8. The van der Waals surface area contributed by atoms with Crippen molar-refractivity contribution < 1.29 is 143 Å². The number of amides is 4. The van der Waals surface area contributed by atoms with Crippen LogP contribution in [0, 0.1) is 0 Å². The van der Waals surface area contributed by atoms with Crippen molar-refractivity contribution >= 4 is 23.6 Å². The molecule has 21 N–H and O–H groups in total. The van der Waals surface area contributed by atoms with Crippen LogP contribution in [0.5, 0.6) is 0 Å². The third kappa shape index (κ3) is 21.1. The second kappa shape index (κ2) is 39.7. The minimum absolute atomic E-state index is 0.0482. The van der Waals surface area contributed by atoms with Gasteiger partial charge in [-0.05, 0) is 32.1 Å². The van der Waals surface area contributed by atoms with E-state index in [1.54, 1.807) is 0 Å². The first-order chi connectivity index (χ1) is 45.8. The van der Waals surface area contributed by atoms with Crippen molar-refractivity contribution in [1.82, 2.24) is 20.9 Å². The molecule has 0 unspecified atom stereocenters. The molecule has 30 atom stereocenters.